The van der Waals surface area contributed by atoms with Crippen molar-refractivity contribution < 1.29 is 9.59 Å². The second-order valence-corrected chi connectivity index (χ2v) is 7.84. The second-order valence-electron chi connectivity index (χ2n) is 7.84. The van der Waals surface area contributed by atoms with E-state index in [-0.39, 0.29) is 24.4 Å². The molecule has 4 heteroatoms. The van der Waals surface area contributed by atoms with Crippen LogP contribution in [0.15, 0.2) is 60.7 Å². The number of hydrogen-bond acceptors (Lipinski definition) is 2. The molecule has 2 rings (SSSR count). The maximum Gasteiger partial charge on any atom is 0.239 e. The van der Waals surface area contributed by atoms with E-state index in [0.717, 1.165) is 24.8 Å². The Labute approximate surface area is 162 Å². The van der Waals surface area contributed by atoms with E-state index in [1.54, 1.807) is 0 Å². The Balaban J connectivity index is 1.92. The zero-order chi connectivity index (χ0) is 19.7. The molecule has 2 amide bonds. The van der Waals surface area contributed by atoms with Crippen LogP contribution in [0, 0.1) is 5.41 Å². The van der Waals surface area contributed by atoms with Crippen molar-refractivity contribution in [2.24, 2.45) is 5.41 Å². The molecule has 144 valence electrons. The van der Waals surface area contributed by atoms with Crippen LogP contribution in [0.4, 0.5) is 0 Å². The third-order valence-corrected chi connectivity index (χ3v) is 4.43. The molecule has 0 radical (unpaired) electrons. The highest BCUT2D eigenvalue weighted by Crippen LogP contribution is 2.20. The van der Waals surface area contributed by atoms with Crippen LogP contribution in [-0.4, -0.2) is 18.4 Å². The van der Waals surface area contributed by atoms with Gasteiger partial charge in [-0.2, -0.15) is 0 Å². The summed E-state index contributed by atoms with van der Waals surface area (Å²) in [7, 11) is 0. The molecule has 0 aliphatic carbocycles. The molecule has 0 aliphatic heterocycles. The summed E-state index contributed by atoms with van der Waals surface area (Å²) in [6.45, 7) is 5.49. The lowest BCUT2D eigenvalue weighted by molar-refractivity contribution is -0.131. The molecule has 1 atom stereocenters. The zero-order valence-electron chi connectivity index (χ0n) is 16.5. The Hall–Kier alpha value is -2.62. The summed E-state index contributed by atoms with van der Waals surface area (Å²) in [5.74, 6) is -0.292. The van der Waals surface area contributed by atoms with Gasteiger partial charge in [0.1, 0.15) is 0 Å². The Bertz CT molecular complexity index is 721. The Morgan fingerprint density at radius 2 is 1.52 bits per heavy atom. The van der Waals surface area contributed by atoms with Crippen LogP contribution >= 0.6 is 0 Å². The molecule has 0 saturated heterocycles. The van der Waals surface area contributed by atoms with E-state index in [4.69, 9.17) is 0 Å². The highest BCUT2D eigenvalue weighted by molar-refractivity contribution is 5.87. The molecule has 0 heterocycles. The minimum atomic E-state index is -0.505. The van der Waals surface area contributed by atoms with Crippen LogP contribution in [0.5, 0.6) is 0 Å². The summed E-state index contributed by atoms with van der Waals surface area (Å²) in [6.07, 6.45) is 2.79. The Morgan fingerprint density at radius 3 is 2.11 bits per heavy atom. The lowest BCUT2D eigenvalue weighted by Crippen LogP contribution is -2.42. The van der Waals surface area contributed by atoms with Crippen molar-refractivity contribution in [1.82, 2.24) is 10.6 Å². The van der Waals surface area contributed by atoms with Gasteiger partial charge in [-0.25, -0.2) is 0 Å². The van der Waals surface area contributed by atoms with Crippen LogP contribution in [0.3, 0.4) is 0 Å². The van der Waals surface area contributed by atoms with E-state index < -0.39 is 5.41 Å². The Kier molecular flexibility index (Phi) is 7.59. The van der Waals surface area contributed by atoms with Gasteiger partial charge in [-0.15, -0.1) is 0 Å². The van der Waals surface area contributed by atoms with E-state index in [1.165, 1.54) is 5.56 Å². The number of nitrogens with one attached hydrogen (secondary N) is 2. The first-order chi connectivity index (χ1) is 12.9. The van der Waals surface area contributed by atoms with Crippen molar-refractivity contribution in [2.45, 2.75) is 46.1 Å². The maximum absolute atomic E-state index is 12.4. The predicted octanol–water partition coefficient (Wildman–Crippen LogP) is 4.03. The number of benzene rings is 2. The molecule has 2 N–H and O–H groups in total. The van der Waals surface area contributed by atoms with Crippen molar-refractivity contribution in [3.8, 4) is 0 Å². The summed E-state index contributed by atoms with van der Waals surface area (Å²) >= 11 is 0. The SMILES string of the molecule is CC(C)(C)C(=O)NCC(=O)NC(CCCc1ccccc1)c1ccccc1. The van der Waals surface area contributed by atoms with Gasteiger partial charge in [0.25, 0.3) is 0 Å². The van der Waals surface area contributed by atoms with Crippen LogP contribution in [-0.2, 0) is 16.0 Å². The summed E-state index contributed by atoms with van der Waals surface area (Å²) in [5, 5.41) is 5.78. The topological polar surface area (TPSA) is 58.2 Å². The molecule has 27 heavy (non-hydrogen) atoms. The number of rotatable bonds is 8. The summed E-state index contributed by atoms with van der Waals surface area (Å²) < 4.78 is 0. The van der Waals surface area contributed by atoms with E-state index in [1.807, 2.05) is 69.3 Å². The summed E-state index contributed by atoms with van der Waals surface area (Å²) in [6, 6.07) is 20.3. The van der Waals surface area contributed by atoms with Crippen molar-refractivity contribution in [1.29, 1.82) is 0 Å². The number of hydrogen-bond donors (Lipinski definition) is 2. The molecule has 2 aromatic carbocycles. The van der Waals surface area contributed by atoms with Gasteiger partial charge in [0.15, 0.2) is 0 Å². The predicted molar refractivity (Wildman–Crippen MR) is 109 cm³/mol. The zero-order valence-corrected chi connectivity index (χ0v) is 16.5. The van der Waals surface area contributed by atoms with Crippen LogP contribution in [0.2, 0.25) is 0 Å². The van der Waals surface area contributed by atoms with Crippen molar-refractivity contribution in [3.63, 3.8) is 0 Å². The molecular formula is C23H30N2O2. The van der Waals surface area contributed by atoms with Crippen LogP contribution in [0.25, 0.3) is 0 Å². The highest BCUT2D eigenvalue weighted by Gasteiger charge is 2.22. The number of amides is 2. The summed E-state index contributed by atoms with van der Waals surface area (Å²) in [5.41, 5.74) is 1.88. The van der Waals surface area contributed by atoms with E-state index in [2.05, 4.69) is 22.8 Å². The summed E-state index contributed by atoms with van der Waals surface area (Å²) in [4.78, 5) is 24.3. The number of carbonyl (C=O) groups excluding carboxylic acids is 2. The molecule has 4 nitrogen and oxygen atoms in total. The average Bonchev–Trinajstić information content (AvgIpc) is 2.66. The first-order valence-electron chi connectivity index (χ1n) is 9.53. The molecule has 0 saturated carbocycles. The average molecular weight is 367 g/mol. The fraction of sp³-hybridized carbons (Fsp3) is 0.391. The molecule has 0 spiro atoms. The molecule has 1 unspecified atom stereocenters. The van der Waals surface area contributed by atoms with Crippen LogP contribution < -0.4 is 10.6 Å². The molecule has 0 fully saturated rings. The molecular weight excluding hydrogens is 336 g/mol. The maximum atomic E-state index is 12.4. The van der Waals surface area contributed by atoms with Gasteiger partial charge in [-0.05, 0) is 30.4 Å². The van der Waals surface area contributed by atoms with Gasteiger partial charge in [0.05, 0.1) is 12.6 Å². The number of carbonyl (C=O) groups is 2. The van der Waals surface area contributed by atoms with Crippen molar-refractivity contribution in [3.05, 3.63) is 71.8 Å². The Morgan fingerprint density at radius 1 is 0.926 bits per heavy atom. The fourth-order valence-corrected chi connectivity index (χ4v) is 2.83. The van der Waals surface area contributed by atoms with Crippen LogP contribution in [0.1, 0.15) is 50.8 Å². The smallest absolute Gasteiger partial charge is 0.239 e. The van der Waals surface area contributed by atoms with Gasteiger partial charge < -0.3 is 10.6 Å². The number of aryl methyl sites for hydroxylation is 1. The fourth-order valence-electron chi connectivity index (χ4n) is 2.83. The van der Waals surface area contributed by atoms with Crippen molar-refractivity contribution >= 4 is 11.8 Å². The largest absolute Gasteiger partial charge is 0.348 e. The lowest BCUT2D eigenvalue weighted by atomic mass is 9.96. The van der Waals surface area contributed by atoms with Crippen molar-refractivity contribution in [2.75, 3.05) is 6.54 Å². The minimum Gasteiger partial charge on any atom is -0.348 e. The molecule has 2 aromatic rings. The third kappa shape index (κ3) is 7.26. The van der Waals surface area contributed by atoms with Gasteiger partial charge in [0, 0.05) is 5.41 Å². The quantitative estimate of drug-likeness (QED) is 0.741. The first-order valence-corrected chi connectivity index (χ1v) is 9.53. The monoisotopic (exact) mass is 366 g/mol. The molecule has 0 aromatic heterocycles. The third-order valence-electron chi connectivity index (χ3n) is 4.43. The van der Waals surface area contributed by atoms with Gasteiger partial charge >= 0.3 is 0 Å². The van der Waals surface area contributed by atoms with Gasteiger partial charge in [-0.3, -0.25) is 9.59 Å². The minimum absolute atomic E-state index is 0.00186. The standard InChI is InChI=1S/C23H30N2O2/c1-23(2,3)22(27)24-17-21(26)25-20(19-14-8-5-9-15-19)16-10-13-18-11-6-4-7-12-18/h4-9,11-12,14-15,20H,10,13,16-17H2,1-3H3,(H,24,27)(H,25,26). The van der Waals surface area contributed by atoms with Gasteiger partial charge in [-0.1, -0.05) is 81.4 Å². The second kappa shape index (κ2) is 9.91. The highest BCUT2D eigenvalue weighted by atomic mass is 16.2. The van der Waals surface area contributed by atoms with E-state index >= 15 is 0 Å². The normalized spacial score (nSPS) is 12.3. The molecule has 0 aliphatic rings. The first kappa shape index (κ1) is 20.7. The lowest BCUT2D eigenvalue weighted by Gasteiger charge is -2.21. The van der Waals surface area contributed by atoms with Gasteiger partial charge in [0.2, 0.25) is 11.8 Å². The molecule has 0 bridgehead atoms. The van der Waals surface area contributed by atoms with E-state index in [0.29, 0.717) is 0 Å². The van der Waals surface area contributed by atoms with E-state index in [9.17, 15) is 9.59 Å².